The SMILES string of the molecule is Cc1ccc(C)c(Cn2cccc(C)c2=O)c1. The lowest BCUT2D eigenvalue weighted by Gasteiger charge is -2.10. The molecular weight excluding hydrogens is 210 g/mol. The summed E-state index contributed by atoms with van der Waals surface area (Å²) >= 11 is 0. The lowest BCUT2D eigenvalue weighted by molar-refractivity contribution is 0.748. The first-order chi connectivity index (χ1) is 8.08. The van der Waals surface area contributed by atoms with Crippen LogP contribution in [-0.4, -0.2) is 4.57 Å². The minimum atomic E-state index is 0.0911. The van der Waals surface area contributed by atoms with Crippen LogP contribution in [0.4, 0.5) is 0 Å². The van der Waals surface area contributed by atoms with Crippen LogP contribution in [0.2, 0.25) is 0 Å². The van der Waals surface area contributed by atoms with Crippen molar-refractivity contribution in [2.45, 2.75) is 27.3 Å². The summed E-state index contributed by atoms with van der Waals surface area (Å²) in [5.41, 5.74) is 4.54. The average molecular weight is 227 g/mol. The van der Waals surface area contributed by atoms with Crippen molar-refractivity contribution < 1.29 is 0 Å². The fourth-order valence-electron chi connectivity index (χ4n) is 1.94. The zero-order valence-corrected chi connectivity index (χ0v) is 10.5. The van der Waals surface area contributed by atoms with Gasteiger partial charge in [-0.15, -0.1) is 0 Å². The van der Waals surface area contributed by atoms with Gasteiger partial charge < -0.3 is 4.57 Å². The van der Waals surface area contributed by atoms with Crippen LogP contribution in [-0.2, 0) is 6.54 Å². The van der Waals surface area contributed by atoms with E-state index in [9.17, 15) is 4.79 Å². The zero-order chi connectivity index (χ0) is 12.4. The highest BCUT2D eigenvalue weighted by atomic mass is 16.1. The molecule has 2 nitrogen and oxygen atoms in total. The van der Waals surface area contributed by atoms with Crippen molar-refractivity contribution in [2.24, 2.45) is 0 Å². The van der Waals surface area contributed by atoms with Gasteiger partial charge in [0.1, 0.15) is 0 Å². The van der Waals surface area contributed by atoms with E-state index < -0.39 is 0 Å². The quantitative estimate of drug-likeness (QED) is 0.773. The first-order valence-electron chi connectivity index (χ1n) is 5.80. The summed E-state index contributed by atoms with van der Waals surface area (Å²) in [6.07, 6.45) is 1.84. The van der Waals surface area contributed by atoms with Gasteiger partial charge in [0.2, 0.25) is 0 Å². The summed E-state index contributed by atoms with van der Waals surface area (Å²) < 4.78 is 1.76. The second kappa shape index (κ2) is 4.58. The molecule has 0 aliphatic rings. The molecule has 2 aromatic rings. The molecule has 0 amide bonds. The normalized spacial score (nSPS) is 10.5. The van der Waals surface area contributed by atoms with E-state index >= 15 is 0 Å². The molecule has 0 N–H and O–H groups in total. The Morgan fingerprint density at radius 2 is 1.82 bits per heavy atom. The van der Waals surface area contributed by atoms with Gasteiger partial charge in [0.25, 0.3) is 5.56 Å². The predicted molar refractivity (Wildman–Crippen MR) is 70.5 cm³/mol. The molecule has 0 saturated carbocycles. The second-order valence-electron chi connectivity index (χ2n) is 4.55. The lowest BCUT2D eigenvalue weighted by Crippen LogP contribution is -2.22. The molecule has 88 valence electrons. The molecule has 0 spiro atoms. The highest BCUT2D eigenvalue weighted by molar-refractivity contribution is 5.30. The van der Waals surface area contributed by atoms with Crippen LogP contribution < -0.4 is 5.56 Å². The molecule has 0 bridgehead atoms. The van der Waals surface area contributed by atoms with Gasteiger partial charge in [-0.3, -0.25) is 4.79 Å². The van der Waals surface area contributed by atoms with Crippen molar-refractivity contribution in [2.75, 3.05) is 0 Å². The van der Waals surface area contributed by atoms with E-state index in [4.69, 9.17) is 0 Å². The van der Waals surface area contributed by atoms with Crippen LogP contribution in [0.15, 0.2) is 41.3 Å². The average Bonchev–Trinajstić information content (AvgIpc) is 2.30. The maximum atomic E-state index is 11.9. The monoisotopic (exact) mass is 227 g/mol. The van der Waals surface area contributed by atoms with Gasteiger partial charge in [-0.25, -0.2) is 0 Å². The smallest absolute Gasteiger partial charge is 0.253 e. The third-order valence-corrected chi connectivity index (χ3v) is 3.06. The van der Waals surface area contributed by atoms with Crippen molar-refractivity contribution >= 4 is 0 Å². The molecule has 1 aromatic heterocycles. The van der Waals surface area contributed by atoms with Crippen LogP contribution >= 0.6 is 0 Å². The Morgan fingerprint density at radius 3 is 2.59 bits per heavy atom. The van der Waals surface area contributed by atoms with E-state index in [-0.39, 0.29) is 5.56 Å². The van der Waals surface area contributed by atoms with Gasteiger partial charge in [-0.1, -0.05) is 29.8 Å². The topological polar surface area (TPSA) is 22.0 Å². The molecule has 1 aromatic carbocycles. The Morgan fingerprint density at radius 1 is 1.06 bits per heavy atom. The molecule has 0 aliphatic carbocycles. The molecule has 0 saturated heterocycles. The summed E-state index contributed by atoms with van der Waals surface area (Å²) in [6, 6.07) is 10.1. The van der Waals surface area contributed by atoms with Gasteiger partial charge in [0.15, 0.2) is 0 Å². The minimum absolute atomic E-state index is 0.0911. The van der Waals surface area contributed by atoms with E-state index in [1.807, 2.05) is 25.3 Å². The van der Waals surface area contributed by atoms with Crippen LogP contribution in [0.3, 0.4) is 0 Å². The summed E-state index contributed by atoms with van der Waals surface area (Å²) in [6.45, 7) is 6.65. The largest absolute Gasteiger partial charge is 0.311 e. The van der Waals surface area contributed by atoms with Crippen molar-refractivity contribution in [1.82, 2.24) is 4.57 Å². The Bertz CT molecular complexity index is 596. The summed E-state index contributed by atoms with van der Waals surface area (Å²) in [5.74, 6) is 0. The number of pyridine rings is 1. The van der Waals surface area contributed by atoms with Gasteiger partial charge in [-0.2, -0.15) is 0 Å². The first-order valence-corrected chi connectivity index (χ1v) is 5.80. The van der Waals surface area contributed by atoms with Crippen LogP contribution in [0.5, 0.6) is 0 Å². The lowest BCUT2D eigenvalue weighted by atomic mass is 10.1. The standard InChI is InChI=1S/C15H17NO/c1-11-6-7-12(2)14(9-11)10-16-8-4-5-13(3)15(16)17/h4-9H,10H2,1-3H3. The van der Waals surface area contributed by atoms with E-state index in [1.165, 1.54) is 16.7 Å². The fourth-order valence-corrected chi connectivity index (χ4v) is 1.94. The Balaban J connectivity index is 2.41. The van der Waals surface area contributed by atoms with Crippen LogP contribution in [0.25, 0.3) is 0 Å². The van der Waals surface area contributed by atoms with Gasteiger partial charge in [0, 0.05) is 11.8 Å². The number of aryl methyl sites for hydroxylation is 3. The van der Waals surface area contributed by atoms with Crippen molar-refractivity contribution in [1.29, 1.82) is 0 Å². The van der Waals surface area contributed by atoms with Crippen LogP contribution in [0, 0.1) is 20.8 Å². The third-order valence-electron chi connectivity index (χ3n) is 3.06. The zero-order valence-electron chi connectivity index (χ0n) is 10.5. The molecule has 17 heavy (non-hydrogen) atoms. The fraction of sp³-hybridized carbons (Fsp3) is 0.267. The van der Waals surface area contributed by atoms with Gasteiger partial charge in [0.05, 0.1) is 6.54 Å². The molecule has 2 rings (SSSR count). The van der Waals surface area contributed by atoms with Crippen molar-refractivity contribution in [3.63, 3.8) is 0 Å². The van der Waals surface area contributed by atoms with Crippen molar-refractivity contribution in [3.05, 3.63) is 69.1 Å². The minimum Gasteiger partial charge on any atom is -0.311 e. The highest BCUT2D eigenvalue weighted by Gasteiger charge is 2.03. The Kier molecular flexibility index (Phi) is 3.14. The van der Waals surface area contributed by atoms with E-state index in [0.29, 0.717) is 6.54 Å². The summed E-state index contributed by atoms with van der Waals surface area (Å²) in [7, 11) is 0. The molecule has 0 unspecified atom stereocenters. The summed E-state index contributed by atoms with van der Waals surface area (Å²) in [4.78, 5) is 11.9. The first kappa shape index (κ1) is 11.6. The van der Waals surface area contributed by atoms with Crippen LogP contribution in [0.1, 0.15) is 22.3 Å². The Hall–Kier alpha value is -1.83. The number of nitrogens with zero attached hydrogens (tertiary/aromatic N) is 1. The molecule has 1 heterocycles. The Labute approximate surface area is 102 Å². The highest BCUT2D eigenvalue weighted by Crippen LogP contribution is 2.11. The molecule has 0 fully saturated rings. The maximum Gasteiger partial charge on any atom is 0.253 e. The number of aromatic nitrogens is 1. The van der Waals surface area contributed by atoms with E-state index in [2.05, 4.69) is 32.0 Å². The van der Waals surface area contributed by atoms with E-state index in [1.54, 1.807) is 4.57 Å². The van der Waals surface area contributed by atoms with Gasteiger partial charge >= 0.3 is 0 Å². The number of benzene rings is 1. The number of rotatable bonds is 2. The second-order valence-corrected chi connectivity index (χ2v) is 4.55. The number of hydrogen-bond acceptors (Lipinski definition) is 1. The molecule has 0 aliphatic heterocycles. The molecule has 2 heteroatoms. The number of hydrogen-bond donors (Lipinski definition) is 0. The predicted octanol–water partition coefficient (Wildman–Crippen LogP) is 2.82. The van der Waals surface area contributed by atoms with E-state index in [0.717, 1.165) is 5.56 Å². The maximum absolute atomic E-state index is 11.9. The molecule has 0 atom stereocenters. The third kappa shape index (κ3) is 2.47. The van der Waals surface area contributed by atoms with Crippen molar-refractivity contribution in [3.8, 4) is 0 Å². The van der Waals surface area contributed by atoms with Gasteiger partial charge in [-0.05, 0) is 38.0 Å². The molecular formula is C15H17NO. The molecule has 0 radical (unpaired) electrons. The summed E-state index contributed by atoms with van der Waals surface area (Å²) in [5, 5.41) is 0.